The van der Waals surface area contributed by atoms with E-state index < -0.39 is 17.0 Å². The average molecular weight is 689 g/mol. The van der Waals surface area contributed by atoms with Gasteiger partial charge in [-0.05, 0) is 57.2 Å². The number of hydrogen-bond acceptors (Lipinski definition) is 8. The molecular weight excluding hydrogens is 649 g/mol. The number of carbonyl (C=O) groups excluding carboxylic acids is 1. The van der Waals surface area contributed by atoms with Crippen LogP contribution in [0.2, 0.25) is 0 Å². The number of hydrogen-bond donors (Lipinski definition) is 1. The van der Waals surface area contributed by atoms with Gasteiger partial charge in [-0.1, -0.05) is 146 Å². The molecule has 0 atom stereocenters. The van der Waals surface area contributed by atoms with E-state index in [1.807, 2.05) is 71.3 Å². The number of benzene rings is 5. The highest BCUT2D eigenvalue weighted by molar-refractivity contribution is 5.89. The summed E-state index contributed by atoms with van der Waals surface area (Å²) in [4.78, 5) is 17.7. The predicted octanol–water partition coefficient (Wildman–Crippen LogP) is 9.24. The van der Waals surface area contributed by atoms with Crippen molar-refractivity contribution in [2.45, 2.75) is 50.9 Å². The fourth-order valence-corrected chi connectivity index (χ4v) is 7.50. The lowest BCUT2D eigenvalue weighted by molar-refractivity contribution is 0.0510. The molecule has 1 aliphatic rings. The van der Waals surface area contributed by atoms with Gasteiger partial charge in [-0.3, -0.25) is 0 Å². The third-order valence-corrected chi connectivity index (χ3v) is 9.68. The van der Waals surface area contributed by atoms with Crippen LogP contribution in [0, 0.1) is 0 Å². The zero-order valence-electron chi connectivity index (χ0n) is 29.3. The Morgan fingerprint density at radius 2 is 1.27 bits per heavy atom. The number of esters is 1. The van der Waals surface area contributed by atoms with Gasteiger partial charge in [-0.25, -0.2) is 9.78 Å². The summed E-state index contributed by atoms with van der Waals surface area (Å²) in [5, 5.41) is 28.5. The Kier molecular flexibility index (Phi) is 9.95. The molecule has 0 bridgehead atoms. The Bertz CT molecular complexity index is 2090. The number of aliphatic hydroxyl groups excluding tert-OH is 1. The number of imidazole rings is 1. The summed E-state index contributed by atoms with van der Waals surface area (Å²) in [5.41, 5.74) is 5.06. The van der Waals surface area contributed by atoms with Crippen molar-refractivity contribution in [2.24, 2.45) is 20.7 Å². The molecule has 52 heavy (non-hydrogen) atoms. The zero-order valence-corrected chi connectivity index (χ0v) is 29.3. The summed E-state index contributed by atoms with van der Waals surface area (Å²) in [7, 11) is 0. The lowest BCUT2D eigenvalue weighted by Crippen LogP contribution is -2.48. The van der Waals surface area contributed by atoms with Crippen LogP contribution in [0.4, 0.5) is 0 Å². The van der Waals surface area contributed by atoms with Crippen LogP contribution in [-0.2, 0) is 35.4 Å². The standard InChI is InChI=1S/C43H40N6O3/c1-3-16-39-44-38(30-50)40(41(51)52-4-2)49(39)29-31-25-27-32(28-26-31)36-23-14-15-24-37(36)43(45-47-48-46-43)42(33-17-8-5-9-18-33,34-19-10-6-11-20-34)35-21-12-7-13-22-35/h5-15,17-28,50H,3-4,16,29-30H2,1-2H3. The van der Waals surface area contributed by atoms with Crippen LogP contribution in [-0.4, -0.2) is 27.2 Å². The van der Waals surface area contributed by atoms with Crippen LogP contribution in [0.5, 0.6) is 0 Å². The van der Waals surface area contributed by atoms with Crippen molar-refractivity contribution in [1.82, 2.24) is 9.55 Å². The Hall–Kier alpha value is -6.06. The minimum absolute atomic E-state index is 0.229. The van der Waals surface area contributed by atoms with Crippen LogP contribution in [0.15, 0.2) is 160 Å². The zero-order chi connectivity index (χ0) is 36.0. The molecule has 2 heterocycles. The highest BCUT2D eigenvalue weighted by Crippen LogP contribution is 2.58. The van der Waals surface area contributed by atoms with Gasteiger partial charge in [0.1, 0.15) is 5.82 Å². The molecule has 1 aromatic heterocycles. The molecule has 6 aromatic rings. The van der Waals surface area contributed by atoms with Crippen molar-refractivity contribution in [1.29, 1.82) is 0 Å². The van der Waals surface area contributed by atoms with E-state index in [4.69, 9.17) is 15.0 Å². The topological polar surface area (TPSA) is 114 Å². The highest BCUT2D eigenvalue weighted by Gasteiger charge is 2.60. The molecule has 260 valence electrons. The van der Waals surface area contributed by atoms with Gasteiger partial charge in [-0.2, -0.15) is 0 Å². The highest BCUT2D eigenvalue weighted by atomic mass is 16.5. The summed E-state index contributed by atoms with van der Waals surface area (Å²) in [5.74, 6) is 0.248. The molecule has 9 nitrogen and oxygen atoms in total. The molecule has 0 saturated heterocycles. The van der Waals surface area contributed by atoms with E-state index in [1.165, 1.54) is 0 Å². The largest absolute Gasteiger partial charge is 0.461 e. The summed E-state index contributed by atoms with van der Waals surface area (Å²) in [6.07, 6.45) is 1.50. The Labute approximate surface area is 303 Å². The van der Waals surface area contributed by atoms with Crippen molar-refractivity contribution in [3.63, 3.8) is 0 Å². The van der Waals surface area contributed by atoms with E-state index in [0.29, 0.717) is 24.4 Å². The normalized spacial score (nSPS) is 13.4. The minimum Gasteiger partial charge on any atom is -0.461 e. The van der Waals surface area contributed by atoms with Gasteiger partial charge in [-0.15, -0.1) is 10.2 Å². The first kappa shape index (κ1) is 34.4. The van der Waals surface area contributed by atoms with Crippen LogP contribution < -0.4 is 0 Å². The molecule has 0 spiro atoms. The number of aliphatic hydroxyl groups is 1. The third-order valence-electron chi connectivity index (χ3n) is 9.68. The fraction of sp³-hybridized carbons (Fsp3) is 0.209. The van der Waals surface area contributed by atoms with Crippen molar-refractivity contribution in [2.75, 3.05) is 6.61 Å². The SMILES string of the molecule is CCCc1nc(CO)c(C(=O)OCC)n1Cc1ccc(-c2ccccc2C2(C(c3ccccc3)(c3ccccc3)c3ccccc3)N=NN=N2)cc1. The molecule has 1 aliphatic heterocycles. The summed E-state index contributed by atoms with van der Waals surface area (Å²) in [6, 6.07) is 47.5. The van der Waals surface area contributed by atoms with E-state index in [2.05, 4.69) is 95.2 Å². The van der Waals surface area contributed by atoms with Gasteiger partial charge in [0.2, 0.25) is 5.66 Å². The maximum atomic E-state index is 13.0. The first-order valence-corrected chi connectivity index (χ1v) is 17.6. The summed E-state index contributed by atoms with van der Waals surface area (Å²) < 4.78 is 7.24. The molecule has 0 radical (unpaired) electrons. The van der Waals surface area contributed by atoms with E-state index in [-0.39, 0.29) is 13.2 Å². The second-order valence-corrected chi connectivity index (χ2v) is 12.7. The van der Waals surface area contributed by atoms with Crippen molar-refractivity contribution in [3.05, 3.63) is 185 Å². The Morgan fingerprint density at radius 1 is 0.731 bits per heavy atom. The van der Waals surface area contributed by atoms with Gasteiger partial charge in [0.15, 0.2) is 5.69 Å². The molecule has 1 N–H and O–H groups in total. The first-order valence-electron chi connectivity index (χ1n) is 17.6. The summed E-state index contributed by atoms with van der Waals surface area (Å²) >= 11 is 0. The maximum Gasteiger partial charge on any atom is 0.357 e. The molecule has 0 saturated carbocycles. The van der Waals surface area contributed by atoms with Crippen LogP contribution in [0.3, 0.4) is 0 Å². The van der Waals surface area contributed by atoms with Crippen molar-refractivity contribution >= 4 is 5.97 Å². The van der Waals surface area contributed by atoms with Gasteiger partial charge in [0.05, 0.1) is 24.3 Å². The number of nitrogens with zero attached hydrogens (tertiary/aromatic N) is 6. The molecule has 0 unspecified atom stereocenters. The number of aryl methyl sites for hydroxylation is 1. The van der Waals surface area contributed by atoms with Crippen molar-refractivity contribution in [3.8, 4) is 11.1 Å². The van der Waals surface area contributed by atoms with Crippen LogP contribution in [0.1, 0.15) is 70.1 Å². The maximum absolute atomic E-state index is 13.0. The van der Waals surface area contributed by atoms with E-state index in [9.17, 15) is 9.90 Å². The Balaban J connectivity index is 1.38. The van der Waals surface area contributed by atoms with Gasteiger partial charge in [0.25, 0.3) is 0 Å². The average Bonchev–Trinajstić information content (AvgIpc) is 3.83. The van der Waals surface area contributed by atoms with Gasteiger partial charge >= 0.3 is 5.97 Å². The quantitative estimate of drug-likeness (QED) is 0.0962. The lowest BCUT2D eigenvalue weighted by Gasteiger charge is -2.45. The first-order chi connectivity index (χ1) is 25.6. The molecule has 0 amide bonds. The summed E-state index contributed by atoms with van der Waals surface area (Å²) in [6.45, 7) is 4.10. The van der Waals surface area contributed by atoms with Gasteiger partial charge < -0.3 is 14.4 Å². The monoisotopic (exact) mass is 688 g/mol. The smallest absolute Gasteiger partial charge is 0.357 e. The second-order valence-electron chi connectivity index (χ2n) is 12.7. The number of carbonyl (C=O) groups is 1. The predicted molar refractivity (Wildman–Crippen MR) is 200 cm³/mol. The molecule has 0 fully saturated rings. The molecule has 0 aliphatic carbocycles. The molecule has 7 rings (SSSR count). The fourth-order valence-electron chi connectivity index (χ4n) is 7.50. The van der Waals surface area contributed by atoms with E-state index in [1.54, 1.807) is 6.92 Å². The molecular formula is C43H40N6O3. The molecule has 5 aromatic carbocycles. The lowest BCUT2D eigenvalue weighted by atomic mass is 9.59. The molecule has 9 heteroatoms. The number of ether oxygens (including phenoxy) is 1. The second kappa shape index (κ2) is 15.0. The third kappa shape index (κ3) is 5.92. The van der Waals surface area contributed by atoms with E-state index in [0.717, 1.165) is 51.2 Å². The Morgan fingerprint density at radius 3 is 1.79 bits per heavy atom. The van der Waals surface area contributed by atoms with Gasteiger partial charge in [0, 0.05) is 18.5 Å². The number of aromatic nitrogens is 2. The van der Waals surface area contributed by atoms with Crippen LogP contribution >= 0.6 is 0 Å². The minimum atomic E-state index is -1.31. The number of rotatable bonds is 13. The van der Waals surface area contributed by atoms with Crippen molar-refractivity contribution < 1.29 is 14.6 Å². The van der Waals surface area contributed by atoms with Crippen LogP contribution in [0.25, 0.3) is 11.1 Å². The van der Waals surface area contributed by atoms with E-state index >= 15 is 0 Å².